The highest BCUT2D eigenvalue weighted by Crippen LogP contribution is 2.27. The summed E-state index contributed by atoms with van der Waals surface area (Å²) in [6.45, 7) is 7.70. The molecular weight excluding hydrogens is 467 g/mol. The molecule has 0 radical (unpaired) electrons. The summed E-state index contributed by atoms with van der Waals surface area (Å²) in [6.07, 6.45) is 2.78. The van der Waals surface area contributed by atoms with Gasteiger partial charge in [-0.3, -0.25) is 9.89 Å². The van der Waals surface area contributed by atoms with Crippen LogP contribution in [0.5, 0.6) is 5.75 Å². The lowest BCUT2D eigenvalue weighted by atomic mass is 10.1. The summed E-state index contributed by atoms with van der Waals surface area (Å²) >= 11 is 0. The highest BCUT2D eigenvalue weighted by Gasteiger charge is 2.23. The van der Waals surface area contributed by atoms with Gasteiger partial charge >= 0.3 is 0 Å². The van der Waals surface area contributed by atoms with Gasteiger partial charge in [0, 0.05) is 20.0 Å². The molecule has 6 nitrogen and oxygen atoms in total. The molecule has 0 amide bonds. The fourth-order valence-electron chi connectivity index (χ4n) is 3.55. The number of ether oxygens (including phenoxy) is 1. The lowest BCUT2D eigenvalue weighted by Crippen LogP contribution is -2.45. The van der Waals surface area contributed by atoms with Gasteiger partial charge in [0.2, 0.25) is 0 Å². The molecule has 2 unspecified atom stereocenters. The van der Waals surface area contributed by atoms with Gasteiger partial charge < -0.3 is 19.8 Å². The Hall–Kier alpha value is -1.74. The largest absolute Gasteiger partial charge is 0.488 e. The molecule has 0 spiro atoms. The van der Waals surface area contributed by atoms with Crippen LogP contribution in [-0.2, 0) is 6.42 Å². The third-order valence-electron chi connectivity index (χ3n) is 5.02. The Morgan fingerprint density at radius 1 is 1.18 bits per heavy atom. The van der Waals surface area contributed by atoms with Crippen molar-refractivity contribution in [1.29, 1.82) is 0 Å². The summed E-state index contributed by atoms with van der Waals surface area (Å²) in [6, 6.07) is 12.4. The van der Waals surface area contributed by atoms with Crippen LogP contribution < -0.4 is 15.4 Å². The van der Waals surface area contributed by atoms with Crippen molar-refractivity contribution in [2.75, 3.05) is 33.2 Å². The Bertz CT molecular complexity index is 707. The van der Waals surface area contributed by atoms with Crippen molar-refractivity contribution in [2.24, 2.45) is 4.99 Å². The van der Waals surface area contributed by atoms with E-state index in [1.165, 1.54) is 5.56 Å². The standard InChI is InChI=1S/C21H30N4O2.HI/c1-4-25(5-2)18(20-11-8-12-26-20)15-24-21(22-3)23-14-17-13-16-9-6-7-10-19(16)27-17;/h6-12,17-18H,4-5,13-15H2,1-3H3,(H2,22,23,24);1H. The highest BCUT2D eigenvalue weighted by molar-refractivity contribution is 14.0. The summed E-state index contributed by atoms with van der Waals surface area (Å²) in [7, 11) is 1.79. The second kappa shape index (κ2) is 11.3. The lowest BCUT2D eigenvalue weighted by molar-refractivity contribution is 0.193. The topological polar surface area (TPSA) is 62.0 Å². The van der Waals surface area contributed by atoms with E-state index < -0.39 is 0 Å². The molecule has 2 atom stereocenters. The van der Waals surface area contributed by atoms with Crippen molar-refractivity contribution >= 4 is 29.9 Å². The van der Waals surface area contributed by atoms with Gasteiger partial charge in [-0.15, -0.1) is 24.0 Å². The Balaban J connectivity index is 0.00000280. The number of fused-ring (bicyclic) bond motifs is 1. The molecule has 2 N–H and O–H groups in total. The SMILES string of the molecule is CCN(CC)C(CNC(=NC)NCC1Cc2ccccc2O1)c1ccco1.I. The molecule has 0 saturated carbocycles. The second-order valence-corrected chi connectivity index (χ2v) is 6.64. The average molecular weight is 498 g/mol. The number of hydrogen-bond donors (Lipinski definition) is 2. The predicted octanol–water partition coefficient (Wildman–Crippen LogP) is 3.45. The minimum absolute atomic E-state index is 0. The first-order chi connectivity index (χ1) is 13.2. The Morgan fingerprint density at radius 2 is 1.96 bits per heavy atom. The maximum Gasteiger partial charge on any atom is 0.191 e. The Labute approximate surface area is 184 Å². The van der Waals surface area contributed by atoms with E-state index in [4.69, 9.17) is 9.15 Å². The first-order valence-electron chi connectivity index (χ1n) is 9.71. The maximum atomic E-state index is 5.99. The molecule has 0 bridgehead atoms. The third-order valence-corrected chi connectivity index (χ3v) is 5.02. The number of para-hydroxylation sites is 1. The number of likely N-dealkylation sites (N-methyl/N-ethyl adjacent to an activating group) is 1. The maximum absolute atomic E-state index is 5.99. The molecular formula is C21H31IN4O2. The summed E-state index contributed by atoms with van der Waals surface area (Å²) in [5.41, 5.74) is 1.27. The molecule has 3 rings (SSSR count). The number of benzene rings is 1. The highest BCUT2D eigenvalue weighted by atomic mass is 127. The van der Waals surface area contributed by atoms with Crippen LogP contribution >= 0.6 is 24.0 Å². The molecule has 7 heteroatoms. The zero-order valence-electron chi connectivity index (χ0n) is 16.9. The number of rotatable bonds is 8. The summed E-state index contributed by atoms with van der Waals surface area (Å²) in [4.78, 5) is 6.72. The van der Waals surface area contributed by atoms with Gasteiger partial charge in [0.1, 0.15) is 17.6 Å². The quantitative estimate of drug-likeness (QED) is 0.332. The van der Waals surface area contributed by atoms with Gasteiger partial charge in [0.15, 0.2) is 5.96 Å². The zero-order chi connectivity index (χ0) is 19.1. The smallest absolute Gasteiger partial charge is 0.191 e. The summed E-state index contributed by atoms with van der Waals surface area (Å²) < 4.78 is 11.7. The average Bonchev–Trinajstić information content (AvgIpc) is 3.36. The van der Waals surface area contributed by atoms with E-state index in [1.54, 1.807) is 13.3 Å². The van der Waals surface area contributed by atoms with Crippen LogP contribution in [0.2, 0.25) is 0 Å². The molecule has 1 aromatic carbocycles. The summed E-state index contributed by atoms with van der Waals surface area (Å²) in [5, 5.41) is 6.82. The molecule has 0 fully saturated rings. The number of guanidine groups is 1. The number of furan rings is 1. The zero-order valence-corrected chi connectivity index (χ0v) is 19.2. The summed E-state index contributed by atoms with van der Waals surface area (Å²) in [5.74, 6) is 2.74. The first-order valence-corrected chi connectivity index (χ1v) is 9.71. The van der Waals surface area contributed by atoms with E-state index in [2.05, 4.69) is 46.5 Å². The molecule has 154 valence electrons. The van der Waals surface area contributed by atoms with Crippen molar-refractivity contribution in [3.63, 3.8) is 0 Å². The number of aliphatic imine (C=N–C) groups is 1. The van der Waals surface area contributed by atoms with Gasteiger partial charge in [-0.05, 0) is 36.9 Å². The molecule has 1 aliphatic rings. The van der Waals surface area contributed by atoms with Crippen LogP contribution in [0.1, 0.15) is 31.2 Å². The predicted molar refractivity (Wildman–Crippen MR) is 124 cm³/mol. The normalized spacial score (nSPS) is 16.9. The Kier molecular flexibility index (Phi) is 9.11. The van der Waals surface area contributed by atoms with Crippen molar-refractivity contribution in [1.82, 2.24) is 15.5 Å². The van der Waals surface area contributed by atoms with Crippen LogP contribution in [0.25, 0.3) is 0 Å². The van der Waals surface area contributed by atoms with Gasteiger partial charge in [-0.25, -0.2) is 0 Å². The molecule has 28 heavy (non-hydrogen) atoms. The minimum atomic E-state index is 0. The fraction of sp³-hybridized carbons (Fsp3) is 0.476. The van der Waals surface area contributed by atoms with Gasteiger partial charge in [-0.1, -0.05) is 32.0 Å². The molecule has 0 aliphatic carbocycles. The van der Waals surface area contributed by atoms with Crippen LogP contribution in [0.3, 0.4) is 0 Å². The molecule has 0 saturated heterocycles. The minimum Gasteiger partial charge on any atom is -0.488 e. The van der Waals surface area contributed by atoms with Crippen molar-refractivity contribution in [2.45, 2.75) is 32.4 Å². The van der Waals surface area contributed by atoms with Crippen molar-refractivity contribution in [3.05, 3.63) is 54.0 Å². The molecule has 1 aromatic heterocycles. The van der Waals surface area contributed by atoms with Gasteiger partial charge in [0.25, 0.3) is 0 Å². The van der Waals surface area contributed by atoms with E-state index in [0.717, 1.165) is 43.5 Å². The lowest BCUT2D eigenvalue weighted by Gasteiger charge is -2.29. The number of halogens is 1. The van der Waals surface area contributed by atoms with Gasteiger partial charge in [0.05, 0.1) is 18.8 Å². The molecule has 1 aliphatic heterocycles. The van der Waals surface area contributed by atoms with Crippen LogP contribution in [0.4, 0.5) is 0 Å². The Morgan fingerprint density at radius 3 is 2.61 bits per heavy atom. The first kappa shape index (κ1) is 22.5. The van der Waals surface area contributed by atoms with E-state index in [1.807, 2.05) is 24.3 Å². The van der Waals surface area contributed by atoms with E-state index in [9.17, 15) is 0 Å². The second-order valence-electron chi connectivity index (χ2n) is 6.64. The van der Waals surface area contributed by atoms with E-state index >= 15 is 0 Å². The van der Waals surface area contributed by atoms with Crippen LogP contribution in [-0.4, -0.2) is 50.2 Å². The fourth-order valence-corrected chi connectivity index (χ4v) is 3.55. The van der Waals surface area contributed by atoms with E-state index in [0.29, 0.717) is 6.54 Å². The number of nitrogens with zero attached hydrogens (tertiary/aromatic N) is 2. The number of nitrogens with one attached hydrogen (secondary N) is 2. The van der Waals surface area contributed by atoms with E-state index in [-0.39, 0.29) is 36.1 Å². The van der Waals surface area contributed by atoms with Gasteiger partial charge in [-0.2, -0.15) is 0 Å². The number of hydrogen-bond acceptors (Lipinski definition) is 4. The van der Waals surface area contributed by atoms with Crippen molar-refractivity contribution in [3.8, 4) is 5.75 Å². The van der Waals surface area contributed by atoms with Crippen LogP contribution in [0, 0.1) is 0 Å². The monoisotopic (exact) mass is 498 g/mol. The van der Waals surface area contributed by atoms with Crippen LogP contribution in [0.15, 0.2) is 52.1 Å². The van der Waals surface area contributed by atoms with Crippen molar-refractivity contribution < 1.29 is 9.15 Å². The molecule has 2 heterocycles. The molecule has 2 aromatic rings. The third kappa shape index (κ3) is 5.64.